The zero-order valence-electron chi connectivity index (χ0n) is 21.9. The molecule has 0 aliphatic carbocycles. The lowest BCUT2D eigenvalue weighted by molar-refractivity contribution is -0.148. The minimum absolute atomic E-state index is 0.0327. The zero-order valence-corrected chi connectivity index (χ0v) is 21.9. The van der Waals surface area contributed by atoms with Gasteiger partial charge >= 0.3 is 5.97 Å². The highest BCUT2D eigenvalue weighted by atomic mass is 19.3. The topological polar surface area (TPSA) is 76.7 Å². The first-order valence-electron chi connectivity index (χ1n) is 13.1. The summed E-state index contributed by atoms with van der Waals surface area (Å²) in [7, 11) is 0. The van der Waals surface area contributed by atoms with Crippen LogP contribution in [0.5, 0.6) is 5.75 Å². The van der Waals surface area contributed by atoms with Gasteiger partial charge in [-0.25, -0.2) is 13.6 Å². The first kappa shape index (κ1) is 27.7. The lowest BCUT2D eigenvalue weighted by Gasteiger charge is -2.40. The summed E-state index contributed by atoms with van der Waals surface area (Å²) >= 11 is 0. The lowest BCUT2D eigenvalue weighted by atomic mass is 9.90. The second-order valence-electron chi connectivity index (χ2n) is 9.28. The van der Waals surface area contributed by atoms with Crippen LogP contribution in [0.25, 0.3) is 10.9 Å². The Morgan fingerprint density at radius 3 is 2.71 bits per heavy atom. The molecule has 0 unspecified atom stereocenters. The van der Waals surface area contributed by atoms with Crippen molar-refractivity contribution in [3.8, 4) is 5.75 Å². The van der Waals surface area contributed by atoms with E-state index in [1.807, 2.05) is 54.3 Å². The molecule has 0 bridgehead atoms. The molecule has 9 heteroatoms. The summed E-state index contributed by atoms with van der Waals surface area (Å²) in [6.07, 6.45) is 5.30. The van der Waals surface area contributed by atoms with Gasteiger partial charge in [0.2, 0.25) is 0 Å². The van der Waals surface area contributed by atoms with Gasteiger partial charge < -0.3 is 19.2 Å². The predicted molar refractivity (Wildman–Crippen MR) is 142 cm³/mol. The molecule has 3 heterocycles. The number of rotatable bonds is 13. The Hall–Kier alpha value is -3.30. The Kier molecular flexibility index (Phi) is 9.84. The van der Waals surface area contributed by atoms with E-state index in [0.29, 0.717) is 50.5 Å². The number of para-hydroxylation sites is 1. The van der Waals surface area contributed by atoms with E-state index in [4.69, 9.17) is 14.2 Å². The largest absolute Gasteiger partial charge is 0.492 e. The van der Waals surface area contributed by atoms with Gasteiger partial charge in [0.25, 0.3) is 6.43 Å². The number of aromatic nitrogens is 2. The summed E-state index contributed by atoms with van der Waals surface area (Å²) in [5, 5.41) is 1.13. The molecular formula is C29H35F2N3O4. The van der Waals surface area contributed by atoms with E-state index < -0.39 is 12.5 Å². The van der Waals surface area contributed by atoms with Crippen LogP contribution in [-0.4, -0.2) is 66.3 Å². The number of nitrogens with zero attached hydrogens (tertiary/aromatic N) is 2. The van der Waals surface area contributed by atoms with Gasteiger partial charge in [0.05, 0.1) is 44.3 Å². The van der Waals surface area contributed by atoms with Crippen LogP contribution < -0.4 is 4.74 Å². The zero-order chi connectivity index (χ0) is 26.9. The second-order valence-corrected chi connectivity index (χ2v) is 9.28. The van der Waals surface area contributed by atoms with Gasteiger partial charge in [0.15, 0.2) is 0 Å². The molecule has 1 aliphatic rings. The number of pyridine rings is 1. The first-order valence-corrected chi connectivity index (χ1v) is 13.1. The summed E-state index contributed by atoms with van der Waals surface area (Å²) in [5.41, 5.74) is 3.82. The number of carbonyl (C=O) groups excluding carboxylic acids is 1. The van der Waals surface area contributed by atoms with Gasteiger partial charge in [-0.1, -0.05) is 30.4 Å². The molecule has 1 N–H and O–H groups in total. The lowest BCUT2D eigenvalue weighted by Crippen LogP contribution is -2.45. The average molecular weight is 528 g/mol. The highest BCUT2D eigenvalue weighted by Crippen LogP contribution is 2.40. The molecule has 0 saturated heterocycles. The van der Waals surface area contributed by atoms with Crippen LogP contribution in [0.1, 0.15) is 49.7 Å². The molecule has 2 atom stereocenters. The number of H-pyrrole nitrogens is 1. The maximum Gasteiger partial charge on any atom is 0.332 e. The van der Waals surface area contributed by atoms with E-state index in [1.165, 1.54) is 5.56 Å². The summed E-state index contributed by atoms with van der Waals surface area (Å²) < 4.78 is 43.0. The van der Waals surface area contributed by atoms with Crippen LogP contribution in [0.15, 0.2) is 54.7 Å². The van der Waals surface area contributed by atoms with E-state index in [0.717, 1.165) is 16.6 Å². The number of fused-ring (bicyclic) bond motifs is 3. The maximum atomic E-state index is 13.6. The van der Waals surface area contributed by atoms with Crippen molar-refractivity contribution in [3.63, 3.8) is 0 Å². The van der Waals surface area contributed by atoms with E-state index >= 15 is 0 Å². The molecule has 38 heavy (non-hydrogen) atoms. The average Bonchev–Trinajstić information content (AvgIpc) is 3.26. The first-order chi connectivity index (χ1) is 18.5. The monoisotopic (exact) mass is 527 g/mol. The molecule has 1 aliphatic heterocycles. The fourth-order valence-corrected chi connectivity index (χ4v) is 4.90. The number of esters is 1. The van der Waals surface area contributed by atoms with Crippen molar-refractivity contribution in [1.29, 1.82) is 0 Å². The van der Waals surface area contributed by atoms with Crippen LogP contribution in [0.2, 0.25) is 0 Å². The van der Waals surface area contributed by atoms with Gasteiger partial charge in [-0.3, -0.25) is 9.88 Å². The number of halogens is 2. The number of hydrogen-bond acceptors (Lipinski definition) is 6. The Bertz CT molecular complexity index is 1210. The molecule has 3 aromatic rings. The van der Waals surface area contributed by atoms with E-state index in [-0.39, 0.29) is 25.2 Å². The molecule has 0 spiro atoms. The molecule has 0 saturated carbocycles. The Morgan fingerprint density at radius 2 is 1.97 bits per heavy atom. The molecule has 7 nitrogen and oxygen atoms in total. The van der Waals surface area contributed by atoms with Gasteiger partial charge in [-0.15, -0.1) is 0 Å². The highest BCUT2D eigenvalue weighted by Gasteiger charge is 2.37. The number of aromatic amines is 1. The Morgan fingerprint density at radius 1 is 1.18 bits per heavy atom. The molecule has 0 radical (unpaired) electrons. The van der Waals surface area contributed by atoms with Crippen molar-refractivity contribution >= 4 is 16.9 Å². The van der Waals surface area contributed by atoms with Gasteiger partial charge in [0, 0.05) is 22.6 Å². The van der Waals surface area contributed by atoms with E-state index in [2.05, 4.69) is 16.0 Å². The minimum Gasteiger partial charge on any atom is -0.492 e. The smallest absolute Gasteiger partial charge is 0.332 e. The van der Waals surface area contributed by atoms with Crippen molar-refractivity contribution in [2.24, 2.45) is 0 Å². The standard InChI is InChI=1S/C29H35F2N3O4/c1-3-37-27(35)19-36-14-8-4-5-9-15-38-21-12-13-25(32-17-21)29-28-23(16-20(2)34(29)18-26(30)31)22-10-6-7-11-24(22)33-28/h4-7,10-13,17,20,26,29,33H,3,8-9,14-16,18-19H2,1-2H3/b5-4+/t20-,29-/m1/s1. The molecule has 0 amide bonds. The molecule has 4 rings (SSSR count). The van der Waals surface area contributed by atoms with Crippen molar-refractivity contribution in [3.05, 3.63) is 71.7 Å². The second kappa shape index (κ2) is 13.5. The summed E-state index contributed by atoms with van der Waals surface area (Å²) in [5.74, 6) is 0.270. The fourth-order valence-electron chi connectivity index (χ4n) is 4.90. The molecule has 2 aromatic heterocycles. The van der Waals surface area contributed by atoms with Gasteiger partial charge in [-0.2, -0.15) is 0 Å². The van der Waals surface area contributed by atoms with Crippen molar-refractivity contribution < 1.29 is 27.8 Å². The van der Waals surface area contributed by atoms with Gasteiger partial charge in [-0.05, 0) is 56.9 Å². The number of hydrogen-bond donors (Lipinski definition) is 1. The van der Waals surface area contributed by atoms with Crippen molar-refractivity contribution in [2.45, 2.75) is 51.6 Å². The molecule has 0 fully saturated rings. The summed E-state index contributed by atoms with van der Waals surface area (Å²) in [4.78, 5) is 21.2. The van der Waals surface area contributed by atoms with E-state index in [9.17, 15) is 13.6 Å². The van der Waals surface area contributed by atoms with Crippen molar-refractivity contribution in [1.82, 2.24) is 14.9 Å². The number of benzene rings is 1. The molecular weight excluding hydrogens is 492 g/mol. The van der Waals surface area contributed by atoms with Crippen LogP contribution >= 0.6 is 0 Å². The summed E-state index contributed by atoms with van der Waals surface area (Å²) in [6, 6.07) is 11.3. The highest BCUT2D eigenvalue weighted by molar-refractivity contribution is 5.85. The molecule has 1 aromatic carbocycles. The number of ether oxygens (including phenoxy) is 3. The molecule has 204 valence electrons. The van der Waals surface area contributed by atoms with Crippen LogP contribution in [-0.2, 0) is 20.7 Å². The summed E-state index contributed by atoms with van der Waals surface area (Å²) in [6.45, 7) is 4.68. The number of nitrogens with one attached hydrogen (secondary N) is 1. The predicted octanol–water partition coefficient (Wildman–Crippen LogP) is 5.46. The SMILES string of the molecule is CCOC(=O)COCC/C=C/CCOc1ccc([C@@H]2c3[nH]c4ccccc4c3C[C@@H](C)N2CC(F)F)nc1. The van der Waals surface area contributed by atoms with Crippen molar-refractivity contribution in [2.75, 3.05) is 33.0 Å². The maximum absolute atomic E-state index is 13.6. The minimum atomic E-state index is -2.44. The van der Waals surface area contributed by atoms with E-state index in [1.54, 1.807) is 13.1 Å². The Balaban J connectivity index is 1.35. The van der Waals surface area contributed by atoms with Crippen LogP contribution in [0.3, 0.4) is 0 Å². The fraction of sp³-hybridized carbons (Fsp3) is 0.448. The number of alkyl halides is 2. The number of carbonyl (C=O) groups is 1. The Labute approximate surface area is 221 Å². The quantitative estimate of drug-likeness (QED) is 0.181. The van der Waals surface area contributed by atoms with Gasteiger partial charge in [0.1, 0.15) is 12.4 Å². The third kappa shape index (κ3) is 6.96. The normalized spacial score (nSPS) is 17.8. The van der Waals surface area contributed by atoms with Crippen LogP contribution in [0.4, 0.5) is 8.78 Å². The van der Waals surface area contributed by atoms with Crippen LogP contribution in [0, 0.1) is 0 Å². The third-order valence-electron chi connectivity index (χ3n) is 6.58. The third-order valence-corrected chi connectivity index (χ3v) is 6.58.